The SMILES string of the molecule is Cc1nnnn1-c1coc(N[C@@H](C)c2cc3cc(Cl)c(O[C@H](C)c4ccccn4)cc3[nH]c2=O)n1. The Balaban J connectivity index is 1.38. The first-order chi connectivity index (χ1) is 16.9. The standard InChI is InChI=1S/C23H21ClN8O3/c1-12(26-23-28-21(11-34-23)32-14(3)29-30-31-32)16-8-15-9-17(24)20(10-19(15)27-22(16)33)35-13(2)18-6-4-5-7-25-18/h4-13H,1-3H3,(H,26,28)(H,27,33)/t12-,13+/m0/s1. The summed E-state index contributed by atoms with van der Waals surface area (Å²) >= 11 is 6.50. The van der Waals surface area contributed by atoms with Crippen molar-refractivity contribution in [1.82, 2.24) is 35.2 Å². The van der Waals surface area contributed by atoms with Crippen LogP contribution in [0.4, 0.5) is 6.01 Å². The Morgan fingerprint density at radius 1 is 1.23 bits per heavy atom. The summed E-state index contributed by atoms with van der Waals surface area (Å²) in [5.41, 5.74) is 1.61. The number of tetrazole rings is 1. The molecule has 0 fully saturated rings. The highest BCUT2D eigenvalue weighted by atomic mass is 35.5. The number of oxazole rings is 1. The quantitative estimate of drug-likeness (QED) is 0.343. The van der Waals surface area contributed by atoms with Crippen LogP contribution in [0.25, 0.3) is 16.7 Å². The summed E-state index contributed by atoms with van der Waals surface area (Å²) in [5, 5.41) is 15.6. The van der Waals surface area contributed by atoms with E-state index < -0.39 is 6.04 Å². The number of rotatable bonds is 7. The predicted octanol–water partition coefficient (Wildman–Crippen LogP) is 4.16. The number of ether oxygens (including phenoxy) is 1. The molecule has 0 saturated carbocycles. The van der Waals surface area contributed by atoms with Gasteiger partial charge in [-0.2, -0.15) is 9.67 Å². The third-order valence-electron chi connectivity index (χ3n) is 5.47. The van der Waals surface area contributed by atoms with E-state index in [4.69, 9.17) is 20.8 Å². The van der Waals surface area contributed by atoms with Crippen LogP contribution in [-0.2, 0) is 0 Å². The van der Waals surface area contributed by atoms with Crippen LogP contribution in [0, 0.1) is 6.92 Å². The fourth-order valence-corrected chi connectivity index (χ4v) is 3.86. The minimum Gasteiger partial charge on any atom is -0.483 e. The molecule has 0 radical (unpaired) electrons. The van der Waals surface area contributed by atoms with Crippen molar-refractivity contribution in [3.05, 3.63) is 81.3 Å². The molecule has 4 heterocycles. The highest BCUT2D eigenvalue weighted by molar-refractivity contribution is 6.32. The molecule has 2 atom stereocenters. The smallest absolute Gasteiger partial charge is 0.297 e. The second kappa shape index (κ2) is 9.18. The Labute approximate surface area is 204 Å². The number of H-pyrrole nitrogens is 1. The van der Waals surface area contributed by atoms with Crippen molar-refractivity contribution in [2.24, 2.45) is 0 Å². The molecule has 11 nitrogen and oxygen atoms in total. The number of pyridine rings is 2. The van der Waals surface area contributed by atoms with E-state index in [2.05, 4.69) is 35.8 Å². The Morgan fingerprint density at radius 3 is 2.83 bits per heavy atom. The molecule has 178 valence electrons. The molecule has 35 heavy (non-hydrogen) atoms. The Morgan fingerprint density at radius 2 is 2.09 bits per heavy atom. The van der Waals surface area contributed by atoms with E-state index in [0.717, 1.165) is 11.1 Å². The van der Waals surface area contributed by atoms with Gasteiger partial charge in [0.05, 0.1) is 22.3 Å². The maximum atomic E-state index is 12.9. The lowest BCUT2D eigenvalue weighted by Gasteiger charge is -2.17. The summed E-state index contributed by atoms with van der Waals surface area (Å²) in [6.07, 6.45) is 2.82. The summed E-state index contributed by atoms with van der Waals surface area (Å²) in [5.74, 6) is 1.45. The molecule has 0 spiro atoms. The third kappa shape index (κ3) is 4.58. The summed E-state index contributed by atoms with van der Waals surface area (Å²) in [4.78, 5) is 24.4. The number of hydrogen-bond donors (Lipinski definition) is 2. The highest BCUT2D eigenvalue weighted by Crippen LogP contribution is 2.33. The molecule has 0 aliphatic carbocycles. The van der Waals surface area contributed by atoms with Crippen LogP contribution in [0.5, 0.6) is 5.75 Å². The minimum absolute atomic E-state index is 0.229. The van der Waals surface area contributed by atoms with Crippen LogP contribution >= 0.6 is 11.6 Å². The van der Waals surface area contributed by atoms with Gasteiger partial charge in [0.1, 0.15) is 18.1 Å². The first kappa shape index (κ1) is 22.5. The highest BCUT2D eigenvalue weighted by Gasteiger charge is 2.17. The lowest BCUT2D eigenvalue weighted by molar-refractivity contribution is 0.222. The van der Waals surface area contributed by atoms with Gasteiger partial charge in [-0.3, -0.25) is 9.78 Å². The number of aryl methyl sites for hydroxylation is 1. The predicted molar refractivity (Wildman–Crippen MR) is 129 cm³/mol. The Hall–Kier alpha value is -4.25. The lowest BCUT2D eigenvalue weighted by atomic mass is 10.1. The Bertz CT molecular complexity index is 1550. The van der Waals surface area contributed by atoms with Gasteiger partial charge in [0, 0.05) is 23.2 Å². The molecular weight excluding hydrogens is 472 g/mol. The molecule has 4 aromatic heterocycles. The topological polar surface area (TPSA) is 137 Å². The maximum Gasteiger partial charge on any atom is 0.297 e. The number of aromatic nitrogens is 7. The number of benzene rings is 1. The van der Waals surface area contributed by atoms with E-state index >= 15 is 0 Å². The average Bonchev–Trinajstić information content (AvgIpc) is 3.48. The molecule has 0 aliphatic rings. The fraction of sp³-hybridized carbons (Fsp3) is 0.217. The number of nitrogens with one attached hydrogen (secondary N) is 2. The minimum atomic E-state index is -0.413. The second-order valence-corrected chi connectivity index (χ2v) is 8.36. The van der Waals surface area contributed by atoms with Crippen LogP contribution in [0.15, 0.2) is 58.1 Å². The second-order valence-electron chi connectivity index (χ2n) is 7.95. The van der Waals surface area contributed by atoms with E-state index in [1.807, 2.05) is 32.0 Å². The van der Waals surface area contributed by atoms with Crippen molar-refractivity contribution in [2.75, 3.05) is 5.32 Å². The van der Waals surface area contributed by atoms with Gasteiger partial charge in [-0.25, -0.2) is 0 Å². The van der Waals surface area contributed by atoms with Crippen molar-refractivity contribution in [1.29, 1.82) is 0 Å². The number of fused-ring (bicyclic) bond motifs is 1. The zero-order chi connectivity index (χ0) is 24.5. The first-order valence-electron chi connectivity index (χ1n) is 10.8. The molecule has 0 bridgehead atoms. The van der Waals surface area contributed by atoms with Crippen LogP contribution in [0.1, 0.15) is 43.1 Å². The summed E-state index contributed by atoms with van der Waals surface area (Å²) < 4.78 is 12.9. The normalized spacial score (nSPS) is 13.0. The van der Waals surface area contributed by atoms with Gasteiger partial charge in [0.25, 0.3) is 11.6 Å². The molecule has 12 heteroatoms. The lowest BCUT2D eigenvalue weighted by Crippen LogP contribution is -2.19. The molecule has 5 aromatic rings. The largest absolute Gasteiger partial charge is 0.483 e. The van der Waals surface area contributed by atoms with E-state index in [0.29, 0.717) is 33.5 Å². The van der Waals surface area contributed by atoms with Crippen molar-refractivity contribution in [2.45, 2.75) is 32.9 Å². The Kier molecular flexibility index (Phi) is 5.91. The van der Waals surface area contributed by atoms with E-state index in [-0.39, 0.29) is 17.7 Å². The number of nitrogens with zero attached hydrogens (tertiary/aromatic N) is 6. The van der Waals surface area contributed by atoms with Crippen LogP contribution in [0.2, 0.25) is 5.02 Å². The summed E-state index contributed by atoms with van der Waals surface area (Å²) in [7, 11) is 0. The van der Waals surface area contributed by atoms with Gasteiger partial charge in [0.2, 0.25) is 0 Å². The first-order valence-corrected chi connectivity index (χ1v) is 11.2. The van der Waals surface area contributed by atoms with E-state index in [9.17, 15) is 4.79 Å². The zero-order valence-electron chi connectivity index (χ0n) is 19.1. The zero-order valence-corrected chi connectivity index (χ0v) is 19.8. The monoisotopic (exact) mass is 492 g/mol. The van der Waals surface area contributed by atoms with Gasteiger partial charge in [0.15, 0.2) is 11.6 Å². The van der Waals surface area contributed by atoms with Crippen molar-refractivity contribution < 1.29 is 9.15 Å². The fourth-order valence-electron chi connectivity index (χ4n) is 3.64. The van der Waals surface area contributed by atoms with Gasteiger partial charge in [-0.15, -0.1) is 5.10 Å². The van der Waals surface area contributed by atoms with Crippen molar-refractivity contribution >= 4 is 28.5 Å². The summed E-state index contributed by atoms with van der Waals surface area (Å²) in [6, 6.07) is 10.7. The van der Waals surface area contributed by atoms with Crippen molar-refractivity contribution in [3.8, 4) is 11.6 Å². The number of hydrogen-bond acceptors (Lipinski definition) is 9. The molecular formula is C23H21ClN8O3. The number of anilines is 1. The van der Waals surface area contributed by atoms with Crippen LogP contribution in [-0.4, -0.2) is 35.2 Å². The average molecular weight is 493 g/mol. The maximum absolute atomic E-state index is 12.9. The molecule has 0 amide bonds. The van der Waals surface area contributed by atoms with Gasteiger partial charge >= 0.3 is 0 Å². The van der Waals surface area contributed by atoms with Gasteiger partial charge in [-0.05, 0) is 55.5 Å². The van der Waals surface area contributed by atoms with Crippen LogP contribution in [0.3, 0.4) is 0 Å². The van der Waals surface area contributed by atoms with Crippen LogP contribution < -0.4 is 15.6 Å². The van der Waals surface area contributed by atoms with Gasteiger partial charge in [-0.1, -0.05) is 17.7 Å². The molecule has 1 aromatic carbocycles. The molecule has 5 rings (SSSR count). The molecule has 0 aliphatic heterocycles. The number of halogens is 1. The van der Waals surface area contributed by atoms with E-state index in [1.54, 1.807) is 31.3 Å². The molecule has 2 N–H and O–H groups in total. The van der Waals surface area contributed by atoms with Gasteiger partial charge < -0.3 is 19.5 Å². The van der Waals surface area contributed by atoms with Crippen molar-refractivity contribution in [3.63, 3.8) is 0 Å². The molecule has 0 unspecified atom stereocenters. The molecule has 0 saturated heterocycles. The number of aromatic amines is 1. The summed E-state index contributed by atoms with van der Waals surface area (Å²) in [6.45, 7) is 5.47. The van der Waals surface area contributed by atoms with E-state index in [1.165, 1.54) is 10.9 Å². The third-order valence-corrected chi connectivity index (χ3v) is 5.77.